The van der Waals surface area contributed by atoms with Crippen LogP contribution in [-0.4, -0.2) is 46.8 Å². The minimum absolute atomic E-state index is 0.0430. The van der Waals surface area contributed by atoms with Crippen molar-refractivity contribution in [3.63, 3.8) is 0 Å². The molecule has 8 heteroatoms. The van der Waals surface area contributed by atoms with Crippen LogP contribution >= 0.6 is 0 Å². The van der Waals surface area contributed by atoms with Gasteiger partial charge in [0.25, 0.3) is 0 Å². The number of ether oxygens (including phenoxy) is 1. The SMILES string of the molecule is COCCN1C2=C(C(=O)CC(C)(C)C2)C(c2ccc(O)c([N+](=O)[O-])c2)C2=C1CC(C)(C)CC2=O. The highest BCUT2D eigenvalue weighted by atomic mass is 16.6. The van der Waals surface area contributed by atoms with E-state index in [2.05, 4.69) is 32.6 Å². The fraction of sp³-hybridized carbons (Fsp3) is 0.538. The van der Waals surface area contributed by atoms with Crippen molar-refractivity contribution < 1.29 is 24.4 Å². The van der Waals surface area contributed by atoms with Crippen molar-refractivity contribution in [2.45, 2.75) is 59.3 Å². The molecule has 2 aliphatic carbocycles. The number of ketones is 2. The normalized spacial score (nSPS) is 22.1. The molecular formula is C26H32N2O6. The summed E-state index contributed by atoms with van der Waals surface area (Å²) in [5.74, 6) is -1.21. The van der Waals surface area contributed by atoms with Crippen LogP contribution in [0, 0.1) is 20.9 Å². The fourth-order valence-corrected chi connectivity index (χ4v) is 5.70. The zero-order valence-electron chi connectivity index (χ0n) is 20.4. The molecule has 4 rings (SSSR count). The lowest BCUT2D eigenvalue weighted by molar-refractivity contribution is -0.385. The number of Topliss-reactive ketones (excluding diaryl/α,β-unsaturated/α-hetero) is 2. The quantitative estimate of drug-likeness (QED) is 0.495. The van der Waals surface area contributed by atoms with Gasteiger partial charge in [0, 0.05) is 61.0 Å². The standard InChI is InChI=1S/C26H32N2O6/c1-25(2)11-17-23(20(30)13-25)22(15-6-7-19(29)16(10-15)28(32)33)24-18(27(17)8-9-34-5)12-26(3,4)14-21(24)31/h6-7,10,22,29H,8-9,11-14H2,1-5H3. The Morgan fingerprint density at radius 1 is 1.03 bits per heavy atom. The number of rotatable bonds is 5. The van der Waals surface area contributed by atoms with Crippen LogP contribution in [0.25, 0.3) is 0 Å². The molecule has 1 N–H and O–H groups in total. The molecule has 1 aromatic carbocycles. The molecule has 8 nitrogen and oxygen atoms in total. The van der Waals surface area contributed by atoms with Crippen LogP contribution in [0.3, 0.4) is 0 Å². The van der Waals surface area contributed by atoms with E-state index in [0.717, 1.165) is 11.4 Å². The summed E-state index contributed by atoms with van der Waals surface area (Å²) in [5.41, 5.74) is 2.39. The van der Waals surface area contributed by atoms with Gasteiger partial charge in [-0.3, -0.25) is 19.7 Å². The summed E-state index contributed by atoms with van der Waals surface area (Å²) in [4.78, 5) is 40.2. The summed E-state index contributed by atoms with van der Waals surface area (Å²) in [6, 6.07) is 4.17. The van der Waals surface area contributed by atoms with E-state index in [0.29, 0.717) is 55.5 Å². The van der Waals surface area contributed by atoms with Gasteiger partial charge in [-0.1, -0.05) is 33.8 Å². The van der Waals surface area contributed by atoms with Gasteiger partial charge in [0.1, 0.15) is 0 Å². The summed E-state index contributed by atoms with van der Waals surface area (Å²) >= 11 is 0. The molecule has 0 saturated heterocycles. The highest BCUT2D eigenvalue weighted by Gasteiger charge is 2.49. The van der Waals surface area contributed by atoms with E-state index in [9.17, 15) is 24.8 Å². The Labute approximate surface area is 199 Å². The van der Waals surface area contributed by atoms with Crippen LogP contribution in [0.4, 0.5) is 5.69 Å². The highest BCUT2D eigenvalue weighted by molar-refractivity contribution is 6.06. The molecule has 1 heterocycles. The first-order chi connectivity index (χ1) is 15.8. The number of hydrogen-bond acceptors (Lipinski definition) is 7. The topological polar surface area (TPSA) is 110 Å². The van der Waals surface area contributed by atoms with Gasteiger partial charge in [-0.2, -0.15) is 0 Å². The molecule has 0 spiro atoms. The summed E-state index contributed by atoms with van der Waals surface area (Å²) in [6.45, 7) is 9.19. The second-order valence-electron chi connectivity index (χ2n) is 11.2. The predicted octanol–water partition coefficient (Wildman–Crippen LogP) is 4.63. The lowest BCUT2D eigenvalue weighted by Crippen LogP contribution is -2.45. The summed E-state index contributed by atoms with van der Waals surface area (Å²) in [5, 5.41) is 21.6. The third-order valence-electron chi connectivity index (χ3n) is 7.07. The van der Waals surface area contributed by atoms with Crippen molar-refractivity contribution in [2.75, 3.05) is 20.3 Å². The van der Waals surface area contributed by atoms with E-state index in [4.69, 9.17) is 4.74 Å². The maximum absolute atomic E-state index is 13.6. The second-order valence-corrected chi connectivity index (χ2v) is 11.2. The minimum atomic E-state index is -0.685. The predicted molar refractivity (Wildman–Crippen MR) is 126 cm³/mol. The second kappa shape index (κ2) is 8.34. The minimum Gasteiger partial charge on any atom is -0.502 e. The monoisotopic (exact) mass is 468 g/mol. The average Bonchev–Trinajstić information content (AvgIpc) is 2.70. The van der Waals surface area contributed by atoms with Crippen LogP contribution in [0.15, 0.2) is 40.7 Å². The smallest absolute Gasteiger partial charge is 0.310 e. The van der Waals surface area contributed by atoms with Crippen molar-refractivity contribution in [1.82, 2.24) is 4.90 Å². The molecule has 0 atom stereocenters. The number of aromatic hydroxyl groups is 1. The van der Waals surface area contributed by atoms with Crippen LogP contribution in [0.5, 0.6) is 5.75 Å². The van der Waals surface area contributed by atoms with Crippen molar-refractivity contribution in [3.05, 3.63) is 56.4 Å². The van der Waals surface area contributed by atoms with Gasteiger partial charge in [-0.05, 0) is 35.3 Å². The third kappa shape index (κ3) is 4.15. The van der Waals surface area contributed by atoms with Gasteiger partial charge in [0.05, 0.1) is 11.5 Å². The fourth-order valence-electron chi connectivity index (χ4n) is 5.70. The third-order valence-corrected chi connectivity index (χ3v) is 7.07. The van der Waals surface area contributed by atoms with Gasteiger partial charge in [0.2, 0.25) is 0 Å². The van der Waals surface area contributed by atoms with Gasteiger partial charge in [-0.15, -0.1) is 0 Å². The van der Waals surface area contributed by atoms with Crippen molar-refractivity contribution in [2.24, 2.45) is 10.8 Å². The van der Waals surface area contributed by atoms with E-state index >= 15 is 0 Å². The molecule has 1 aromatic rings. The molecular weight excluding hydrogens is 436 g/mol. The molecule has 0 bridgehead atoms. The summed E-state index contributed by atoms with van der Waals surface area (Å²) < 4.78 is 5.37. The van der Waals surface area contributed by atoms with E-state index in [1.807, 2.05) is 0 Å². The molecule has 0 amide bonds. The molecule has 0 saturated carbocycles. The Bertz CT molecular complexity index is 1090. The zero-order valence-corrected chi connectivity index (χ0v) is 20.4. The molecule has 0 aromatic heterocycles. The number of hydrogen-bond donors (Lipinski definition) is 1. The Hall–Kier alpha value is -3.00. The van der Waals surface area contributed by atoms with Gasteiger partial charge >= 0.3 is 5.69 Å². The first-order valence-corrected chi connectivity index (χ1v) is 11.6. The van der Waals surface area contributed by atoms with Crippen LogP contribution in [-0.2, 0) is 14.3 Å². The summed E-state index contributed by atoms with van der Waals surface area (Å²) in [7, 11) is 1.62. The van der Waals surface area contributed by atoms with Crippen molar-refractivity contribution >= 4 is 17.3 Å². The van der Waals surface area contributed by atoms with Crippen LogP contribution in [0.1, 0.15) is 64.9 Å². The van der Waals surface area contributed by atoms with E-state index in [1.54, 1.807) is 13.2 Å². The molecule has 0 fully saturated rings. The first-order valence-electron chi connectivity index (χ1n) is 11.6. The number of phenolic OH excluding ortho intramolecular Hbond substituents is 1. The number of phenols is 1. The van der Waals surface area contributed by atoms with E-state index < -0.39 is 22.3 Å². The van der Waals surface area contributed by atoms with Gasteiger partial charge < -0.3 is 14.7 Å². The molecule has 0 unspecified atom stereocenters. The molecule has 0 radical (unpaired) electrons. The lowest BCUT2D eigenvalue weighted by Gasteiger charge is -2.49. The molecule has 3 aliphatic rings. The maximum atomic E-state index is 13.6. The average molecular weight is 469 g/mol. The highest BCUT2D eigenvalue weighted by Crippen LogP contribution is 2.54. The molecule has 34 heavy (non-hydrogen) atoms. The number of carbonyl (C=O) groups is 2. The maximum Gasteiger partial charge on any atom is 0.310 e. The van der Waals surface area contributed by atoms with E-state index in [1.165, 1.54) is 12.1 Å². The number of benzene rings is 1. The Kier molecular flexibility index (Phi) is 5.92. The van der Waals surface area contributed by atoms with Gasteiger partial charge in [-0.25, -0.2) is 0 Å². The number of nitro groups is 1. The van der Waals surface area contributed by atoms with E-state index in [-0.39, 0.29) is 22.4 Å². The zero-order chi connectivity index (χ0) is 25.0. The number of nitrogens with zero attached hydrogens (tertiary/aromatic N) is 2. The number of methoxy groups -OCH3 is 1. The van der Waals surface area contributed by atoms with Crippen LogP contribution in [0.2, 0.25) is 0 Å². The Morgan fingerprint density at radius 3 is 2.03 bits per heavy atom. The molecule has 1 aliphatic heterocycles. The molecule has 182 valence electrons. The van der Waals surface area contributed by atoms with Crippen molar-refractivity contribution in [3.8, 4) is 5.75 Å². The Balaban J connectivity index is 2.00. The lowest BCUT2D eigenvalue weighted by atomic mass is 9.63. The number of nitro benzene ring substituents is 1. The first kappa shape index (κ1) is 24.1. The Morgan fingerprint density at radius 2 is 1.56 bits per heavy atom. The number of carbonyl (C=O) groups excluding carboxylic acids is 2. The van der Waals surface area contributed by atoms with Crippen molar-refractivity contribution in [1.29, 1.82) is 0 Å². The van der Waals surface area contributed by atoms with Gasteiger partial charge in [0.15, 0.2) is 17.3 Å². The van der Waals surface area contributed by atoms with Crippen LogP contribution < -0.4 is 0 Å². The largest absolute Gasteiger partial charge is 0.502 e. The number of allylic oxidation sites excluding steroid dienone is 4. The summed E-state index contributed by atoms with van der Waals surface area (Å²) in [6.07, 6.45) is 1.98.